The molecule has 2 aliphatic heterocycles. The Hall–Kier alpha value is -0.210. The smallest absolute Gasteiger partial charge is 0.0965 e. The van der Waals surface area contributed by atoms with Crippen molar-refractivity contribution in [2.45, 2.75) is 37.2 Å². The average molecular weight is 416 g/mol. The fourth-order valence-electron chi connectivity index (χ4n) is 3.60. The number of piperidine rings is 1. The Balaban J connectivity index is 1.69. The van der Waals surface area contributed by atoms with Crippen LogP contribution in [0, 0.1) is 0 Å². The summed E-state index contributed by atoms with van der Waals surface area (Å²) in [7, 11) is 4.01. The maximum absolute atomic E-state index is 6.49. The van der Waals surface area contributed by atoms with Gasteiger partial charge in [-0.1, -0.05) is 30.3 Å². The van der Waals surface area contributed by atoms with Gasteiger partial charge in [-0.2, -0.15) is 0 Å². The summed E-state index contributed by atoms with van der Waals surface area (Å²) in [6.45, 7) is 2.95. The van der Waals surface area contributed by atoms with Gasteiger partial charge >= 0.3 is 0 Å². The SMILES string of the molecule is COC1CCC(C2CN(I)CC(c3ccccc3)O2)N(C)C1. The zero-order chi connectivity index (χ0) is 15.5. The van der Waals surface area contributed by atoms with Gasteiger partial charge in [-0.05, 0) is 25.5 Å². The Labute approximate surface area is 147 Å². The summed E-state index contributed by atoms with van der Waals surface area (Å²) in [5.74, 6) is 0. The van der Waals surface area contributed by atoms with E-state index in [2.05, 4.69) is 68.3 Å². The number of ether oxygens (including phenoxy) is 2. The first-order valence-corrected chi connectivity index (χ1v) is 8.98. The number of methoxy groups -OCH3 is 1. The second-order valence-electron chi connectivity index (χ2n) is 6.34. The van der Waals surface area contributed by atoms with E-state index in [0.717, 1.165) is 32.5 Å². The predicted molar refractivity (Wildman–Crippen MR) is 96.1 cm³/mol. The third-order valence-electron chi connectivity index (χ3n) is 4.86. The lowest BCUT2D eigenvalue weighted by molar-refractivity contribution is -0.111. The molecule has 2 fully saturated rings. The van der Waals surface area contributed by atoms with Crippen molar-refractivity contribution < 1.29 is 9.47 Å². The molecule has 3 rings (SSSR count). The summed E-state index contributed by atoms with van der Waals surface area (Å²) in [5.41, 5.74) is 1.28. The van der Waals surface area contributed by atoms with Gasteiger partial charge in [0, 0.05) is 55.7 Å². The predicted octanol–water partition coefficient (Wildman–Crippen LogP) is 2.89. The molecular formula is C17H25IN2O2. The highest BCUT2D eigenvalue weighted by atomic mass is 127. The largest absolute Gasteiger partial charge is 0.380 e. The first kappa shape index (κ1) is 16.6. The Morgan fingerprint density at radius 1 is 1.14 bits per heavy atom. The van der Waals surface area contributed by atoms with E-state index in [9.17, 15) is 0 Å². The molecule has 4 unspecified atom stereocenters. The van der Waals surface area contributed by atoms with Crippen LogP contribution in [0.4, 0.5) is 0 Å². The Bertz CT molecular complexity index is 473. The third kappa shape index (κ3) is 3.82. The van der Waals surface area contributed by atoms with E-state index in [-0.39, 0.29) is 12.2 Å². The summed E-state index contributed by atoms with van der Waals surface area (Å²) in [4.78, 5) is 2.42. The summed E-state index contributed by atoms with van der Waals surface area (Å²) in [5, 5.41) is 0. The molecule has 0 bridgehead atoms. The molecule has 5 heteroatoms. The van der Waals surface area contributed by atoms with Crippen molar-refractivity contribution in [1.82, 2.24) is 8.01 Å². The molecule has 0 aliphatic carbocycles. The number of nitrogens with zero attached hydrogens (tertiary/aromatic N) is 2. The minimum atomic E-state index is 0.172. The van der Waals surface area contributed by atoms with Crippen LogP contribution in [0.25, 0.3) is 0 Å². The molecule has 4 nitrogen and oxygen atoms in total. The molecule has 0 spiro atoms. The summed E-state index contributed by atoms with van der Waals surface area (Å²) in [6, 6.07) is 11.1. The summed E-state index contributed by atoms with van der Waals surface area (Å²) < 4.78 is 14.4. The molecule has 0 amide bonds. The third-order valence-corrected chi connectivity index (χ3v) is 5.64. The molecule has 0 N–H and O–H groups in total. The van der Waals surface area contributed by atoms with Crippen molar-refractivity contribution in [3.05, 3.63) is 35.9 Å². The van der Waals surface area contributed by atoms with Gasteiger partial charge < -0.3 is 9.47 Å². The van der Waals surface area contributed by atoms with Gasteiger partial charge in [-0.3, -0.25) is 4.90 Å². The van der Waals surface area contributed by atoms with E-state index in [1.54, 1.807) is 0 Å². The van der Waals surface area contributed by atoms with Crippen molar-refractivity contribution in [3.8, 4) is 0 Å². The number of hydrogen-bond donors (Lipinski definition) is 0. The van der Waals surface area contributed by atoms with Crippen molar-refractivity contribution >= 4 is 22.9 Å². The summed E-state index contributed by atoms with van der Waals surface area (Å²) >= 11 is 2.44. The highest BCUT2D eigenvalue weighted by Crippen LogP contribution is 2.32. The van der Waals surface area contributed by atoms with Gasteiger partial charge in [0.25, 0.3) is 0 Å². The number of halogens is 1. The van der Waals surface area contributed by atoms with E-state index < -0.39 is 0 Å². The number of rotatable bonds is 3. The standard InChI is InChI=1S/C17H25IN2O2/c1-19-10-14(21-2)8-9-15(19)17-12-20(18)11-16(22-17)13-6-4-3-5-7-13/h3-7,14-17H,8-12H2,1-2H3. The molecule has 0 radical (unpaired) electrons. The van der Waals surface area contributed by atoms with E-state index in [4.69, 9.17) is 9.47 Å². The van der Waals surface area contributed by atoms with Crippen LogP contribution in [0.3, 0.4) is 0 Å². The number of likely N-dealkylation sites (tertiary alicyclic amines) is 1. The van der Waals surface area contributed by atoms with Crippen LogP contribution < -0.4 is 0 Å². The maximum Gasteiger partial charge on any atom is 0.0965 e. The minimum absolute atomic E-state index is 0.172. The molecule has 0 saturated carbocycles. The molecule has 22 heavy (non-hydrogen) atoms. The molecule has 1 aromatic rings. The monoisotopic (exact) mass is 416 g/mol. The molecular weight excluding hydrogens is 391 g/mol. The molecule has 2 saturated heterocycles. The fraction of sp³-hybridized carbons (Fsp3) is 0.647. The molecule has 1 aromatic carbocycles. The molecule has 2 aliphatic rings. The molecule has 122 valence electrons. The minimum Gasteiger partial charge on any atom is -0.380 e. The number of benzene rings is 1. The van der Waals surface area contributed by atoms with E-state index >= 15 is 0 Å². The average Bonchev–Trinajstić information content (AvgIpc) is 2.55. The van der Waals surface area contributed by atoms with Gasteiger partial charge in [0.1, 0.15) is 0 Å². The number of likely N-dealkylation sites (N-methyl/N-ethyl adjacent to an activating group) is 1. The van der Waals surface area contributed by atoms with Crippen LogP contribution in [0.15, 0.2) is 30.3 Å². The Kier molecular flexibility index (Phi) is 5.73. The van der Waals surface area contributed by atoms with Gasteiger partial charge in [0.2, 0.25) is 0 Å². The van der Waals surface area contributed by atoms with Gasteiger partial charge in [0.15, 0.2) is 0 Å². The number of hydrogen-bond acceptors (Lipinski definition) is 4. The van der Waals surface area contributed by atoms with Crippen LogP contribution in [-0.2, 0) is 9.47 Å². The zero-order valence-electron chi connectivity index (χ0n) is 13.3. The van der Waals surface area contributed by atoms with Crippen LogP contribution in [-0.4, -0.2) is 60.1 Å². The Morgan fingerprint density at radius 3 is 2.59 bits per heavy atom. The first-order valence-electron chi connectivity index (χ1n) is 8.01. The van der Waals surface area contributed by atoms with Crippen LogP contribution in [0.5, 0.6) is 0 Å². The maximum atomic E-state index is 6.49. The van der Waals surface area contributed by atoms with Crippen LogP contribution in [0.1, 0.15) is 24.5 Å². The second-order valence-corrected chi connectivity index (χ2v) is 7.71. The lowest BCUT2D eigenvalue weighted by Gasteiger charge is -2.45. The fourth-order valence-corrected chi connectivity index (χ4v) is 4.34. The number of morpholine rings is 1. The molecule has 0 aromatic heterocycles. The normalized spacial score (nSPS) is 34.7. The lowest BCUT2D eigenvalue weighted by atomic mass is 9.94. The van der Waals surface area contributed by atoms with E-state index in [1.165, 1.54) is 5.56 Å². The highest BCUT2D eigenvalue weighted by Gasteiger charge is 2.37. The van der Waals surface area contributed by atoms with Crippen molar-refractivity contribution in [2.24, 2.45) is 0 Å². The van der Waals surface area contributed by atoms with E-state index in [1.807, 2.05) is 7.11 Å². The quantitative estimate of drug-likeness (QED) is 0.559. The Morgan fingerprint density at radius 2 is 1.91 bits per heavy atom. The molecule has 4 atom stereocenters. The zero-order valence-corrected chi connectivity index (χ0v) is 15.5. The highest BCUT2D eigenvalue weighted by molar-refractivity contribution is 14.1. The van der Waals surface area contributed by atoms with Gasteiger partial charge in [0.05, 0.1) is 18.3 Å². The molecule has 2 heterocycles. The van der Waals surface area contributed by atoms with Gasteiger partial charge in [-0.25, -0.2) is 3.11 Å². The topological polar surface area (TPSA) is 24.9 Å². The van der Waals surface area contributed by atoms with Gasteiger partial charge in [-0.15, -0.1) is 0 Å². The van der Waals surface area contributed by atoms with Crippen molar-refractivity contribution in [1.29, 1.82) is 0 Å². The van der Waals surface area contributed by atoms with Crippen LogP contribution in [0.2, 0.25) is 0 Å². The van der Waals surface area contributed by atoms with E-state index in [0.29, 0.717) is 12.1 Å². The van der Waals surface area contributed by atoms with Crippen molar-refractivity contribution in [2.75, 3.05) is 33.8 Å². The lowest BCUT2D eigenvalue weighted by Crippen LogP contribution is -2.55. The summed E-state index contributed by atoms with van der Waals surface area (Å²) in [6.07, 6.45) is 3.07. The second kappa shape index (κ2) is 7.57. The van der Waals surface area contributed by atoms with Crippen molar-refractivity contribution in [3.63, 3.8) is 0 Å². The first-order chi connectivity index (χ1) is 10.7. The van der Waals surface area contributed by atoms with Crippen LogP contribution >= 0.6 is 22.9 Å².